The summed E-state index contributed by atoms with van der Waals surface area (Å²) in [6.45, 7) is 0.808. The van der Waals surface area contributed by atoms with E-state index in [0.29, 0.717) is 29.0 Å². The average molecular weight is 397 g/mol. The zero-order valence-corrected chi connectivity index (χ0v) is 16.0. The molecule has 9 heteroatoms. The quantitative estimate of drug-likeness (QED) is 0.704. The molecule has 0 spiro atoms. The molecule has 0 aliphatic carbocycles. The number of likely N-dealkylation sites (tertiary alicyclic amines) is 1. The summed E-state index contributed by atoms with van der Waals surface area (Å²) in [5.74, 6) is 0.267. The van der Waals surface area contributed by atoms with E-state index >= 15 is 0 Å². The normalized spacial score (nSPS) is 16.0. The Morgan fingerprint density at radius 3 is 2.71 bits per heavy atom. The minimum atomic E-state index is -3.77. The number of amides is 1. The number of H-pyrrole nitrogens is 1. The van der Waals surface area contributed by atoms with Crippen molar-refractivity contribution in [2.75, 3.05) is 18.9 Å². The number of carbonyl (C=O) groups excluding carboxylic acids is 1. The lowest BCUT2D eigenvalue weighted by molar-refractivity contribution is 0.102. The van der Waals surface area contributed by atoms with Crippen LogP contribution in [0.1, 0.15) is 23.2 Å². The van der Waals surface area contributed by atoms with E-state index in [9.17, 15) is 13.2 Å². The fraction of sp³-hybridized carbons (Fsp3) is 0.211. The predicted molar refractivity (Wildman–Crippen MR) is 107 cm³/mol. The number of aromatic nitrogens is 2. The number of nitrogens with zero attached hydrogens (tertiary/aromatic N) is 3. The van der Waals surface area contributed by atoms with Gasteiger partial charge in [0, 0.05) is 31.1 Å². The van der Waals surface area contributed by atoms with Gasteiger partial charge in [0.05, 0.1) is 22.2 Å². The zero-order valence-electron chi connectivity index (χ0n) is 15.2. The number of aromatic amines is 1. The molecule has 1 saturated heterocycles. The van der Waals surface area contributed by atoms with Gasteiger partial charge in [-0.2, -0.15) is 13.5 Å². The zero-order chi connectivity index (χ0) is 19.7. The van der Waals surface area contributed by atoms with Crippen molar-refractivity contribution in [2.45, 2.75) is 17.7 Å². The van der Waals surface area contributed by atoms with Gasteiger partial charge in [-0.25, -0.2) is 0 Å². The summed E-state index contributed by atoms with van der Waals surface area (Å²) in [5.41, 5.74) is 1.60. The molecule has 144 valence electrons. The highest BCUT2D eigenvalue weighted by molar-refractivity contribution is 7.90. The molecule has 2 aromatic carbocycles. The number of amidine groups is 1. The molecule has 2 heterocycles. The summed E-state index contributed by atoms with van der Waals surface area (Å²) in [4.78, 5) is 14.5. The molecule has 2 N–H and O–H groups in total. The van der Waals surface area contributed by atoms with Crippen molar-refractivity contribution >= 4 is 38.4 Å². The van der Waals surface area contributed by atoms with E-state index < -0.39 is 10.0 Å². The van der Waals surface area contributed by atoms with Crippen molar-refractivity contribution in [1.29, 1.82) is 0 Å². The largest absolute Gasteiger partial charge is 0.362 e. The highest BCUT2D eigenvalue weighted by Gasteiger charge is 2.20. The maximum Gasteiger partial charge on any atom is 0.283 e. The Kier molecular flexibility index (Phi) is 4.60. The van der Waals surface area contributed by atoms with E-state index in [1.807, 2.05) is 18.0 Å². The number of hydrogen-bond donors (Lipinski definition) is 2. The van der Waals surface area contributed by atoms with Crippen LogP contribution in [-0.2, 0) is 10.0 Å². The van der Waals surface area contributed by atoms with Crippen LogP contribution < -0.4 is 5.32 Å². The van der Waals surface area contributed by atoms with E-state index in [4.69, 9.17) is 0 Å². The molecule has 1 fully saturated rings. The van der Waals surface area contributed by atoms with E-state index in [2.05, 4.69) is 19.9 Å². The van der Waals surface area contributed by atoms with Crippen LogP contribution in [-0.4, -0.2) is 48.9 Å². The van der Waals surface area contributed by atoms with Crippen LogP contribution in [0.3, 0.4) is 0 Å². The molecule has 0 atom stereocenters. The second-order valence-corrected chi connectivity index (χ2v) is 8.23. The standard InChI is InChI=1S/C19H19N5O3S/c1-24-11-3-6-17(24)23-28(26,27)15-9-7-14(8-10-15)21-19(25)16-5-2-4-13-12-20-22-18(13)16/h2,4-5,7-10,12H,3,6,11H2,1H3,(H,20,22)(H,21,25)/b23-17-. The van der Waals surface area contributed by atoms with Crippen LogP contribution >= 0.6 is 0 Å². The minimum Gasteiger partial charge on any atom is -0.362 e. The number of nitrogens with one attached hydrogen (secondary N) is 2. The molecule has 3 aromatic rings. The van der Waals surface area contributed by atoms with Gasteiger partial charge < -0.3 is 10.2 Å². The van der Waals surface area contributed by atoms with Crippen LogP contribution in [0.2, 0.25) is 0 Å². The van der Waals surface area contributed by atoms with Crippen LogP contribution in [0, 0.1) is 0 Å². The molecule has 1 aliphatic rings. The van der Waals surface area contributed by atoms with Crippen molar-refractivity contribution < 1.29 is 13.2 Å². The van der Waals surface area contributed by atoms with Gasteiger partial charge in [-0.1, -0.05) is 12.1 Å². The molecule has 4 rings (SSSR count). The monoisotopic (exact) mass is 397 g/mol. The third-order valence-electron chi connectivity index (χ3n) is 4.69. The Morgan fingerprint density at radius 2 is 2.00 bits per heavy atom. The first-order valence-corrected chi connectivity index (χ1v) is 10.3. The van der Waals surface area contributed by atoms with E-state index in [1.165, 1.54) is 12.1 Å². The fourth-order valence-electron chi connectivity index (χ4n) is 3.17. The number of rotatable bonds is 4. The number of para-hydroxylation sites is 1. The summed E-state index contributed by atoms with van der Waals surface area (Å²) < 4.78 is 28.9. The third kappa shape index (κ3) is 3.48. The SMILES string of the molecule is CN1CCC/C1=N/S(=O)(=O)c1ccc(NC(=O)c2cccc3cn[nH]c23)cc1. The number of benzene rings is 2. The summed E-state index contributed by atoms with van der Waals surface area (Å²) in [5, 5.41) is 10.4. The first-order chi connectivity index (χ1) is 13.4. The van der Waals surface area contributed by atoms with Gasteiger partial charge >= 0.3 is 0 Å². The van der Waals surface area contributed by atoms with Crippen molar-refractivity contribution in [3.63, 3.8) is 0 Å². The van der Waals surface area contributed by atoms with Crippen LogP contribution in [0.25, 0.3) is 10.9 Å². The number of hydrogen-bond acceptors (Lipinski definition) is 4. The molecule has 0 unspecified atom stereocenters. The van der Waals surface area contributed by atoms with Gasteiger partial charge in [0.15, 0.2) is 0 Å². The first kappa shape index (κ1) is 18.2. The third-order valence-corrected chi connectivity index (χ3v) is 6.01. The molecule has 0 bridgehead atoms. The number of sulfonamides is 1. The van der Waals surface area contributed by atoms with Gasteiger partial charge in [0.1, 0.15) is 5.84 Å². The lowest BCUT2D eigenvalue weighted by Crippen LogP contribution is -2.20. The Bertz CT molecular complexity index is 1170. The lowest BCUT2D eigenvalue weighted by atomic mass is 10.1. The molecule has 0 saturated carbocycles. The second kappa shape index (κ2) is 7.08. The Morgan fingerprint density at radius 1 is 1.21 bits per heavy atom. The van der Waals surface area contributed by atoms with Gasteiger partial charge in [0.2, 0.25) is 0 Å². The van der Waals surface area contributed by atoms with E-state index in [0.717, 1.165) is 18.4 Å². The Balaban J connectivity index is 1.53. The summed E-state index contributed by atoms with van der Waals surface area (Å²) in [6.07, 6.45) is 3.21. The van der Waals surface area contributed by atoms with E-state index in [1.54, 1.807) is 30.5 Å². The number of fused-ring (bicyclic) bond motifs is 1. The maximum atomic E-state index is 12.6. The Hall–Kier alpha value is -3.20. The van der Waals surface area contributed by atoms with Gasteiger partial charge in [-0.05, 0) is 36.8 Å². The highest BCUT2D eigenvalue weighted by atomic mass is 32.2. The second-order valence-electron chi connectivity index (χ2n) is 6.63. The maximum absolute atomic E-state index is 12.6. The lowest BCUT2D eigenvalue weighted by Gasteiger charge is -2.11. The molecule has 1 aromatic heterocycles. The van der Waals surface area contributed by atoms with Crippen LogP contribution in [0.4, 0.5) is 5.69 Å². The number of carbonyl (C=O) groups is 1. The van der Waals surface area contributed by atoms with Crippen molar-refractivity contribution in [2.24, 2.45) is 4.40 Å². The van der Waals surface area contributed by atoms with Gasteiger partial charge in [-0.3, -0.25) is 9.89 Å². The van der Waals surface area contributed by atoms with Crippen molar-refractivity contribution in [1.82, 2.24) is 15.1 Å². The van der Waals surface area contributed by atoms with Crippen LogP contribution in [0.5, 0.6) is 0 Å². The molecular weight excluding hydrogens is 378 g/mol. The minimum absolute atomic E-state index is 0.0916. The topological polar surface area (TPSA) is 108 Å². The van der Waals surface area contributed by atoms with Crippen molar-refractivity contribution in [3.8, 4) is 0 Å². The average Bonchev–Trinajstić information content (AvgIpc) is 3.30. The highest BCUT2D eigenvalue weighted by Crippen LogP contribution is 2.21. The van der Waals surface area contributed by atoms with Crippen LogP contribution in [0.15, 0.2) is 58.0 Å². The smallest absolute Gasteiger partial charge is 0.283 e. The predicted octanol–water partition coefficient (Wildman–Crippen LogP) is 2.63. The summed E-state index contributed by atoms with van der Waals surface area (Å²) in [6, 6.07) is 11.3. The first-order valence-electron chi connectivity index (χ1n) is 8.82. The van der Waals surface area contributed by atoms with Crippen molar-refractivity contribution in [3.05, 3.63) is 54.2 Å². The summed E-state index contributed by atoms with van der Waals surface area (Å²) in [7, 11) is -1.94. The molecule has 1 amide bonds. The fourth-order valence-corrected chi connectivity index (χ4v) is 4.26. The summed E-state index contributed by atoms with van der Waals surface area (Å²) >= 11 is 0. The molecule has 0 radical (unpaired) electrons. The van der Waals surface area contributed by atoms with E-state index in [-0.39, 0.29) is 10.8 Å². The molecular formula is C19H19N5O3S. The molecule has 8 nitrogen and oxygen atoms in total. The number of anilines is 1. The van der Waals surface area contributed by atoms with Gasteiger partial charge in [-0.15, -0.1) is 4.40 Å². The Labute approximate surface area is 162 Å². The molecule has 1 aliphatic heterocycles. The van der Waals surface area contributed by atoms with Gasteiger partial charge in [0.25, 0.3) is 15.9 Å². The molecule has 28 heavy (non-hydrogen) atoms.